The van der Waals surface area contributed by atoms with Crippen LogP contribution in [0.3, 0.4) is 0 Å². The van der Waals surface area contributed by atoms with Gasteiger partial charge in [0.15, 0.2) is 0 Å². The van der Waals surface area contributed by atoms with Crippen LogP contribution in [0.1, 0.15) is 44.4 Å². The fraction of sp³-hybridized carbons (Fsp3) is 0.786. The van der Waals surface area contributed by atoms with Crippen LogP contribution in [0.25, 0.3) is 0 Å². The van der Waals surface area contributed by atoms with Crippen molar-refractivity contribution in [3.63, 3.8) is 0 Å². The zero-order chi connectivity index (χ0) is 13.1. The van der Waals surface area contributed by atoms with Gasteiger partial charge in [0.25, 0.3) is 0 Å². The molecule has 1 aliphatic rings. The number of piperidine rings is 1. The third-order valence-electron chi connectivity index (χ3n) is 3.99. The smallest absolute Gasteiger partial charge is 0.211 e. The summed E-state index contributed by atoms with van der Waals surface area (Å²) < 4.78 is 5.57. The highest BCUT2D eigenvalue weighted by Gasteiger charge is 2.24. The molecule has 2 unspecified atom stereocenters. The van der Waals surface area contributed by atoms with Crippen LogP contribution in [-0.4, -0.2) is 36.1 Å². The van der Waals surface area contributed by atoms with Crippen LogP contribution >= 0.6 is 0 Å². The van der Waals surface area contributed by atoms with Crippen molar-refractivity contribution in [2.24, 2.45) is 5.92 Å². The second-order valence-corrected chi connectivity index (χ2v) is 5.63. The van der Waals surface area contributed by atoms with Crippen molar-refractivity contribution in [2.45, 2.75) is 45.7 Å². The molecular formula is C14H25N3O. The third-order valence-corrected chi connectivity index (χ3v) is 3.99. The Morgan fingerprint density at radius 3 is 2.61 bits per heavy atom. The molecule has 102 valence electrons. The van der Waals surface area contributed by atoms with Crippen molar-refractivity contribution in [1.82, 2.24) is 15.2 Å². The molecule has 1 saturated heterocycles. The Morgan fingerprint density at radius 1 is 1.39 bits per heavy atom. The van der Waals surface area contributed by atoms with Gasteiger partial charge in [0, 0.05) is 6.04 Å². The first-order valence-corrected chi connectivity index (χ1v) is 6.93. The maximum atomic E-state index is 5.57. The fourth-order valence-corrected chi connectivity index (χ4v) is 2.70. The highest BCUT2D eigenvalue weighted by molar-refractivity contribution is 4.96. The molecule has 4 nitrogen and oxygen atoms in total. The lowest BCUT2D eigenvalue weighted by Crippen LogP contribution is -2.41. The van der Waals surface area contributed by atoms with Gasteiger partial charge < -0.3 is 14.6 Å². The van der Waals surface area contributed by atoms with E-state index < -0.39 is 0 Å². The monoisotopic (exact) mass is 251 g/mol. The average molecular weight is 251 g/mol. The highest BCUT2D eigenvalue weighted by Crippen LogP contribution is 2.22. The van der Waals surface area contributed by atoms with E-state index in [9.17, 15) is 0 Å². The summed E-state index contributed by atoms with van der Waals surface area (Å²) in [7, 11) is 2.20. The predicted octanol–water partition coefficient (Wildman–Crippen LogP) is 2.36. The first kappa shape index (κ1) is 13.6. The van der Waals surface area contributed by atoms with E-state index in [-0.39, 0.29) is 6.04 Å². The number of rotatable bonds is 4. The first-order valence-electron chi connectivity index (χ1n) is 6.93. The van der Waals surface area contributed by atoms with E-state index in [1.807, 2.05) is 6.92 Å². The molecule has 0 radical (unpaired) electrons. The van der Waals surface area contributed by atoms with Crippen molar-refractivity contribution >= 4 is 0 Å². The number of nitrogens with zero attached hydrogens (tertiary/aromatic N) is 2. The van der Waals surface area contributed by atoms with Gasteiger partial charge in [-0.15, -0.1) is 0 Å². The molecule has 0 saturated carbocycles. The minimum absolute atomic E-state index is 0.188. The van der Waals surface area contributed by atoms with Crippen LogP contribution in [0, 0.1) is 12.8 Å². The molecule has 1 aromatic heterocycles. The van der Waals surface area contributed by atoms with E-state index >= 15 is 0 Å². The summed E-state index contributed by atoms with van der Waals surface area (Å²) in [5, 5.41) is 3.62. The normalized spacial score (nSPS) is 22.0. The van der Waals surface area contributed by atoms with E-state index in [4.69, 9.17) is 4.42 Å². The van der Waals surface area contributed by atoms with Gasteiger partial charge in [-0.05, 0) is 59.7 Å². The molecule has 4 heteroatoms. The largest absolute Gasteiger partial charge is 0.444 e. The van der Waals surface area contributed by atoms with Crippen LogP contribution in [0.4, 0.5) is 0 Å². The summed E-state index contributed by atoms with van der Waals surface area (Å²) >= 11 is 0. The summed E-state index contributed by atoms with van der Waals surface area (Å²) in [5.41, 5.74) is 0. The van der Waals surface area contributed by atoms with Gasteiger partial charge in [0.05, 0.1) is 12.2 Å². The predicted molar refractivity (Wildman–Crippen MR) is 72.5 cm³/mol. The summed E-state index contributed by atoms with van der Waals surface area (Å²) in [6.07, 6.45) is 4.34. The molecule has 1 fully saturated rings. The lowest BCUT2D eigenvalue weighted by Gasteiger charge is -2.34. The maximum Gasteiger partial charge on any atom is 0.211 e. The Morgan fingerprint density at radius 2 is 2.06 bits per heavy atom. The molecule has 1 aromatic rings. The molecule has 0 spiro atoms. The Balaban J connectivity index is 1.85. The quantitative estimate of drug-likeness (QED) is 0.892. The van der Waals surface area contributed by atoms with Crippen molar-refractivity contribution in [2.75, 3.05) is 20.1 Å². The minimum atomic E-state index is 0.188. The minimum Gasteiger partial charge on any atom is -0.444 e. The van der Waals surface area contributed by atoms with Crippen molar-refractivity contribution in [1.29, 1.82) is 0 Å². The van der Waals surface area contributed by atoms with E-state index in [0.717, 1.165) is 17.6 Å². The Labute approximate surface area is 110 Å². The maximum absolute atomic E-state index is 5.57. The molecule has 0 aromatic carbocycles. The number of oxazole rings is 1. The number of nitrogens with one attached hydrogen (secondary N) is 1. The number of aryl methyl sites for hydroxylation is 1. The van der Waals surface area contributed by atoms with Crippen LogP contribution in [0.2, 0.25) is 0 Å². The van der Waals surface area contributed by atoms with Gasteiger partial charge in [-0.25, -0.2) is 4.98 Å². The van der Waals surface area contributed by atoms with Crippen molar-refractivity contribution in [3.05, 3.63) is 17.8 Å². The summed E-state index contributed by atoms with van der Waals surface area (Å²) in [6, 6.07) is 0.703. The van der Waals surface area contributed by atoms with Gasteiger partial charge in [0.2, 0.25) is 5.89 Å². The first-order chi connectivity index (χ1) is 8.56. The van der Waals surface area contributed by atoms with Crippen LogP contribution in [-0.2, 0) is 0 Å². The molecular weight excluding hydrogens is 226 g/mol. The summed E-state index contributed by atoms with van der Waals surface area (Å²) in [6.45, 7) is 8.76. The average Bonchev–Trinajstić information content (AvgIpc) is 2.76. The number of likely N-dealkylation sites (tertiary alicyclic amines) is 1. The van der Waals surface area contributed by atoms with Crippen LogP contribution in [0.5, 0.6) is 0 Å². The molecule has 1 aliphatic heterocycles. The summed E-state index contributed by atoms with van der Waals surface area (Å²) in [4.78, 5) is 6.70. The van der Waals surface area contributed by atoms with Crippen molar-refractivity contribution in [3.8, 4) is 0 Å². The molecule has 1 N–H and O–H groups in total. The van der Waals surface area contributed by atoms with Gasteiger partial charge in [-0.2, -0.15) is 0 Å². The zero-order valence-corrected chi connectivity index (χ0v) is 11.9. The zero-order valence-electron chi connectivity index (χ0n) is 11.9. The molecule has 2 rings (SSSR count). The second-order valence-electron chi connectivity index (χ2n) is 5.63. The lowest BCUT2D eigenvalue weighted by atomic mass is 9.90. The highest BCUT2D eigenvalue weighted by atomic mass is 16.4. The summed E-state index contributed by atoms with van der Waals surface area (Å²) in [5.74, 6) is 2.44. The fourth-order valence-electron chi connectivity index (χ4n) is 2.70. The number of hydrogen-bond donors (Lipinski definition) is 1. The number of hydrogen-bond acceptors (Lipinski definition) is 4. The van der Waals surface area contributed by atoms with E-state index in [1.54, 1.807) is 6.20 Å². The van der Waals surface area contributed by atoms with Gasteiger partial charge in [0.1, 0.15) is 5.76 Å². The van der Waals surface area contributed by atoms with E-state index in [0.29, 0.717) is 6.04 Å². The van der Waals surface area contributed by atoms with Crippen LogP contribution in [0.15, 0.2) is 10.6 Å². The van der Waals surface area contributed by atoms with Crippen molar-refractivity contribution < 1.29 is 4.42 Å². The molecule has 0 bridgehead atoms. The molecule has 2 atom stereocenters. The van der Waals surface area contributed by atoms with E-state index in [1.165, 1.54) is 25.9 Å². The SMILES string of the molecule is Cc1cnc(C(C)NC(C)C2CCN(C)CC2)o1. The third kappa shape index (κ3) is 3.33. The van der Waals surface area contributed by atoms with E-state index in [2.05, 4.69) is 36.1 Å². The molecule has 0 aliphatic carbocycles. The Bertz CT molecular complexity index is 369. The van der Waals surface area contributed by atoms with Crippen LogP contribution < -0.4 is 5.32 Å². The molecule has 2 heterocycles. The number of aromatic nitrogens is 1. The van der Waals surface area contributed by atoms with Gasteiger partial charge in [-0.3, -0.25) is 0 Å². The topological polar surface area (TPSA) is 41.3 Å². The standard InChI is InChI=1S/C14H25N3O/c1-10-9-15-14(18-10)12(3)16-11(2)13-5-7-17(4)8-6-13/h9,11-13,16H,5-8H2,1-4H3. The molecule has 0 amide bonds. The Kier molecular flexibility index (Phi) is 4.40. The lowest BCUT2D eigenvalue weighted by molar-refractivity contribution is 0.182. The van der Waals surface area contributed by atoms with Gasteiger partial charge in [-0.1, -0.05) is 0 Å². The van der Waals surface area contributed by atoms with Gasteiger partial charge >= 0.3 is 0 Å². The molecule has 18 heavy (non-hydrogen) atoms. The second kappa shape index (κ2) is 5.85. The Hall–Kier alpha value is -0.870.